The van der Waals surface area contributed by atoms with Crippen LogP contribution in [0.4, 0.5) is 17.6 Å². The summed E-state index contributed by atoms with van der Waals surface area (Å²) in [7, 11) is 0. The van der Waals surface area contributed by atoms with Crippen molar-refractivity contribution in [2.24, 2.45) is 0 Å². The van der Waals surface area contributed by atoms with Gasteiger partial charge in [-0.2, -0.15) is 8.78 Å². The molecule has 0 aliphatic rings. The molecule has 0 aromatic carbocycles. The van der Waals surface area contributed by atoms with Crippen LogP contribution in [0.25, 0.3) is 0 Å². The van der Waals surface area contributed by atoms with E-state index in [1.54, 1.807) is 0 Å². The Morgan fingerprint density at radius 3 is 2.00 bits per heavy atom. The van der Waals surface area contributed by atoms with Crippen LogP contribution in [0.3, 0.4) is 0 Å². The van der Waals surface area contributed by atoms with Gasteiger partial charge in [-0.15, -0.1) is 0 Å². The summed E-state index contributed by atoms with van der Waals surface area (Å²) < 4.78 is 44.7. The van der Waals surface area contributed by atoms with Gasteiger partial charge in [0.25, 0.3) is 5.92 Å². The Morgan fingerprint density at radius 1 is 1.38 bits per heavy atom. The number of allylic oxidation sites excluding steroid dienone is 1. The Hall–Kier alpha value is -0.540. The van der Waals surface area contributed by atoms with Gasteiger partial charge in [0.2, 0.25) is 0 Å². The Kier molecular flexibility index (Phi) is 2.51. The lowest BCUT2D eigenvalue weighted by Gasteiger charge is -2.01. The minimum absolute atomic E-state index is 0.132. The standard InChI is InChI=1S/C4H4F4/c5-2-1-4(7,8)3-6/h1-2H,3H2. The van der Waals surface area contributed by atoms with E-state index < -0.39 is 12.6 Å². The van der Waals surface area contributed by atoms with E-state index in [0.717, 1.165) is 0 Å². The van der Waals surface area contributed by atoms with Crippen LogP contribution in [0, 0.1) is 0 Å². The SMILES string of the molecule is FC=CC(F)(F)CF. The van der Waals surface area contributed by atoms with Crippen molar-refractivity contribution in [2.45, 2.75) is 5.92 Å². The van der Waals surface area contributed by atoms with Crippen molar-refractivity contribution in [1.29, 1.82) is 0 Å². The molecule has 0 bridgehead atoms. The summed E-state index contributed by atoms with van der Waals surface area (Å²) in [6, 6.07) is 0. The maximum absolute atomic E-state index is 11.5. The minimum atomic E-state index is -3.63. The van der Waals surface area contributed by atoms with Gasteiger partial charge in [0, 0.05) is 6.08 Å². The molecule has 0 aromatic heterocycles. The van der Waals surface area contributed by atoms with Crippen molar-refractivity contribution in [3.8, 4) is 0 Å². The molecule has 0 saturated carbocycles. The van der Waals surface area contributed by atoms with E-state index in [0.29, 0.717) is 0 Å². The summed E-state index contributed by atoms with van der Waals surface area (Å²) in [6.45, 7) is -1.85. The highest BCUT2D eigenvalue weighted by molar-refractivity contribution is 4.89. The highest BCUT2D eigenvalue weighted by atomic mass is 19.3. The van der Waals surface area contributed by atoms with E-state index in [4.69, 9.17) is 0 Å². The van der Waals surface area contributed by atoms with E-state index in [2.05, 4.69) is 0 Å². The Balaban J connectivity index is 3.71. The third-order valence-corrected chi connectivity index (χ3v) is 0.485. The number of hydrogen-bond acceptors (Lipinski definition) is 0. The fourth-order valence-electron chi connectivity index (χ4n) is 0.137. The fraction of sp³-hybridized carbons (Fsp3) is 0.500. The molecule has 0 fully saturated rings. The Labute approximate surface area is 43.8 Å². The van der Waals surface area contributed by atoms with Crippen molar-refractivity contribution >= 4 is 0 Å². The monoisotopic (exact) mass is 128 g/mol. The van der Waals surface area contributed by atoms with Crippen LogP contribution in [0.15, 0.2) is 12.4 Å². The second-order valence-electron chi connectivity index (χ2n) is 1.19. The fourth-order valence-corrected chi connectivity index (χ4v) is 0.137. The highest BCUT2D eigenvalue weighted by Crippen LogP contribution is 2.14. The van der Waals surface area contributed by atoms with E-state index in [1.807, 2.05) is 0 Å². The molecule has 0 spiro atoms. The second-order valence-corrected chi connectivity index (χ2v) is 1.19. The number of halogens is 4. The average molecular weight is 128 g/mol. The molecule has 0 N–H and O–H groups in total. The molecular weight excluding hydrogens is 124 g/mol. The van der Waals surface area contributed by atoms with Crippen molar-refractivity contribution in [2.75, 3.05) is 6.67 Å². The van der Waals surface area contributed by atoms with Crippen LogP contribution < -0.4 is 0 Å². The summed E-state index contributed by atoms with van der Waals surface area (Å²) >= 11 is 0. The summed E-state index contributed by atoms with van der Waals surface area (Å²) in [4.78, 5) is 0. The van der Waals surface area contributed by atoms with Crippen LogP contribution >= 0.6 is 0 Å². The molecule has 0 saturated heterocycles. The molecule has 0 amide bonds. The molecule has 8 heavy (non-hydrogen) atoms. The third-order valence-electron chi connectivity index (χ3n) is 0.485. The molecule has 0 unspecified atom stereocenters. The molecular formula is C4H4F4. The van der Waals surface area contributed by atoms with Crippen LogP contribution in [0.2, 0.25) is 0 Å². The van der Waals surface area contributed by atoms with Crippen LogP contribution in [0.5, 0.6) is 0 Å². The van der Waals surface area contributed by atoms with Gasteiger partial charge in [-0.25, -0.2) is 8.78 Å². The number of hydrogen-bond donors (Lipinski definition) is 0. The van der Waals surface area contributed by atoms with Gasteiger partial charge in [-0.05, 0) is 0 Å². The van der Waals surface area contributed by atoms with Crippen molar-refractivity contribution in [1.82, 2.24) is 0 Å². The quantitative estimate of drug-likeness (QED) is 0.499. The van der Waals surface area contributed by atoms with Gasteiger partial charge in [0.15, 0.2) is 6.67 Å². The number of rotatable bonds is 2. The topological polar surface area (TPSA) is 0 Å². The van der Waals surface area contributed by atoms with E-state index >= 15 is 0 Å². The van der Waals surface area contributed by atoms with Crippen molar-refractivity contribution < 1.29 is 17.6 Å². The lowest BCUT2D eigenvalue weighted by Crippen LogP contribution is -2.13. The molecule has 0 rings (SSSR count). The summed E-state index contributed by atoms with van der Waals surface area (Å²) in [5, 5.41) is 0. The minimum Gasteiger partial charge on any atom is -0.244 e. The van der Waals surface area contributed by atoms with E-state index in [1.165, 1.54) is 0 Å². The summed E-state index contributed by atoms with van der Waals surface area (Å²) in [5.41, 5.74) is 0. The molecule has 0 heterocycles. The predicted octanol–water partition coefficient (Wildman–Crippen LogP) is 2.07. The van der Waals surface area contributed by atoms with Gasteiger partial charge in [0.05, 0.1) is 6.33 Å². The first kappa shape index (κ1) is 7.46. The van der Waals surface area contributed by atoms with Crippen LogP contribution in [-0.4, -0.2) is 12.6 Å². The zero-order valence-electron chi connectivity index (χ0n) is 3.87. The lowest BCUT2D eigenvalue weighted by atomic mass is 10.4. The van der Waals surface area contributed by atoms with Crippen LogP contribution in [0.1, 0.15) is 0 Å². The van der Waals surface area contributed by atoms with Crippen LogP contribution in [-0.2, 0) is 0 Å². The molecule has 0 atom stereocenters. The summed E-state index contributed by atoms with van der Waals surface area (Å²) in [5.74, 6) is -3.63. The molecule has 4 heteroatoms. The highest BCUT2D eigenvalue weighted by Gasteiger charge is 2.24. The first-order valence-corrected chi connectivity index (χ1v) is 1.84. The summed E-state index contributed by atoms with van der Waals surface area (Å²) in [6.07, 6.45) is -0.507. The van der Waals surface area contributed by atoms with Gasteiger partial charge < -0.3 is 0 Å². The Bertz CT molecular complexity index is 86.0. The lowest BCUT2D eigenvalue weighted by molar-refractivity contribution is 0.0266. The first-order valence-electron chi connectivity index (χ1n) is 1.84. The molecule has 0 aliphatic carbocycles. The van der Waals surface area contributed by atoms with Gasteiger partial charge >= 0.3 is 0 Å². The first-order chi connectivity index (χ1) is 3.62. The average Bonchev–Trinajstić information content (AvgIpc) is 1.67. The molecule has 0 radical (unpaired) electrons. The normalized spacial score (nSPS) is 13.0. The van der Waals surface area contributed by atoms with Crippen molar-refractivity contribution in [3.05, 3.63) is 12.4 Å². The van der Waals surface area contributed by atoms with Gasteiger partial charge in [0.1, 0.15) is 0 Å². The number of alkyl halides is 3. The predicted molar refractivity (Wildman–Crippen MR) is 21.2 cm³/mol. The Morgan fingerprint density at radius 2 is 1.88 bits per heavy atom. The maximum Gasteiger partial charge on any atom is 0.296 e. The zero-order chi connectivity index (χ0) is 6.62. The third kappa shape index (κ3) is 2.60. The zero-order valence-corrected chi connectivity index (χ0v) is 3.87. The van der Waals surface area contributed by atoms with Crippen molar-refractivity contribution in [3.63, 3.8) is 0 Å². The molecule has 0 aromatic rings. The second kappa shape index (κ2) is 2.69. The molecule has 48 valence electrons. The smallest absolute Gasteiger partial charge is 0.244 e. The van der Waals surface area contributed by atoms with E-state index in [-0.39, 0.29) is 12.4 Å². The molecule has 0 nitrogen and oxygen atoms in total. The van der Waals surface area contributed by atoms with Gasteiger partial charge in [-0.1, -0.05) is 0 Å². The largest absolute Gasteiger partial charge is 0.296 e. The van der Waals surface area contributed by atoms with E-state index in [9.17, 15) is 17.6 Å². The molecule has 0 aliphatic heterocycles. The maximum atomic E-state index is 11.5. The van der Waals surface area contributed by atoms with Gasteiger partial charge in [-0.3, -0.25) is 0 Å².